The first-order valence-corrected chi connectivity index (χ1v) is 7.98. The van der Waals surface area contributed by atoms with Crippen molar-refractivity contribution in [2.75, 3.05) is 6.54 Å². The first-order valence-electron chi connectivity index (χ1n) is 6.86. The highest BCUT2D eigenvalue weighted by atomic mass is 79.9. The summed E-state index contributed by atoms with van der Waals surface area (Å²) in [5.41, 5.74) is 2.17. The van der Waals surface area contributed by atoms with Crippen molar-refractivity contribution in [1.82, 2.24) is 5.32 Å². The Morgan fingerprint density at radius 1 is 1.10 bits per heavy atom. The third-order valence-corrected chi connectivity index (χ3v) is 3.65. The fraction of sp³-hybridized carbons (Fsp3) is 0.467. The van der Waals surface area contributed by atoms with Crippen molar-refractivity contribution in [1.29, 1.82) is 0 Å². The Morgan fingerprint density at radius 3 is 2.43 bits per heavy atom. The lowest BCUT2D eigenvalue weighted by atomic mass is 10.1. The fourth-order valence-corrected chi connectivity index (χ4v) is 2.27. The van der Waals surface area contributed by atoms with Crippen LogP contribution >= 0.6 is 15.9 Å². The highest BCUT2D eigenvalue weighted by Crippen LogP contribution is 2.13. The molecule has 21 heavy (non-hydrogen) atoms. The average Bonchev–Trinajstić information content (AvgIpc) is 2.49. The molecule has 0 heterocycles. The van der Waals surface area contributed by atoms with E-state index < -0.39 is 5.97 Å². The summed E-state index contributed by atoms with van der Waals surface area (Å²) in [6.45, 7) is 0.418. The van der Waals surface area contributed by atoms with Crippen LogP contribution in [0, 0.1) is 0 Å². The van der Waals surface area contributed by atoms with E-state index in [1.54, 1.807) is 12.1 Å². The second-order valence-electron chi connectivity index (χ2n) is 4.79. The van der Waals surface area contributed by atoms with E-state index in [1.807, 2.05) is 6.07 Å². The second kappa shape index (κ2) is 9.52. The van der Waals surface area contributed by atoms with E-state index in [0.29, 0.717) is 29.4 Å². The van der Waals surface area contributed by atoms with Crippen molar-refractivity contribution in [3.8, 4) is 0 Å². The van der Waals surface area contributed by atoms with Crippen molar-refractivity contribution in [3.05, 3.63) is 34.9 Å². The largest absolute Gasteiger partial charge is 0.481 e. The number of carbonyl (C=O) groups excluding carboxylic acids is 1. The number of benzene rings is 1. The summed E-state index contributed by atoms with van der Waals surface area (Å²) >= 11 is 3.34. The van der Waals surface area contributed by atoms with E-state index in [2.05, 4.69) is 21.2 Å². The zero-order chi connectivity index (χ0) is 15.7. The molecule has 0 unspecified atom stereocenters. The van der Waals surface area contributed by atoms with Gasteiger partial charge in [0.2, 0.25) is 0 Å². The SMILES string of the molecule is O=C(O)CCCCCNC(=O)c1cc(CO)cc(CBr)c1. The molecule has 3 N–H and O–H groups in total. The van der Waals surface area contributed by atoms with Crippen LogP contribution in [0.3, 0.4) is 0 Å². The van der Waals surface area contributed by atoms with Crippen molar-refractivity contribution >= 4 is 27.8 Å². The quantitative estimate of drug-likeness (QED) is 0.468. The molecule has 1 rings (SSSR count). The van der Waals surface area contributed by atoms with Crippen LogP contribution in [0.25, 0.3) is 0 Å². The molecule has 1 aromatic rings. The van der Waals surface area contributed by atoms with Crippen molar-refractivity contribution in [2.24, 2.45) is 0 Å². The molecule has 0 saturated heterocycles. The number of aliphatic hydroxyl groups excluding tert-OH is 1. The minimum absolute atomic E-state index is 0.101. The summed E-state index contributed by atoms with van der Waals surface area (Å²) in [5.74, 6) is -0.965. The molecule has 116 valence electrons. The van der Waals surface area contributed by atoms with Gasteiger partial charge in [-0.25, -0.2) is 0 Å². The monoisotopic (exact) mass is 357 g/mol. The number of rotatable bonds is 9. The number of unbranched alkanes of at least 4 members (excludes halogenated alkanes) is 2. The number of amides is 1. The van der Waals surface area contributed by atoms with Gasteiger partial charge in [-0.1, -0.05) is 28.4 Å². The normalized spacial score (nSPS) is 10.4. The van der Waals surface area contributed by atoms with Gasteiger partial charge in [-0.2, -0.15) is 0 Å². The van der Waals surface area contributed by atoms with Crippen LogP contribution in [-0.4, -0.2) is 28.6 Å². The van der Waals surface area contributed by atoms with Crippen LogP contribution in [0.2, 0.25) is 0 Å². The number of aliphatic carboxylic acids is 1. The average molecular weight is 358 g/mol. The second-order valence-corrected chi connectivity index (χ2v) is 5.35. The zero-order valence-electron chi connectivity index (χ0n) is 11.8. The van der Waals surface area contributed by atoms with E-state index in [1.165, 1.54) is 0 Å². The smallest absolute Gasteiger partial charge is 0.303 e. The number of aliphatic hydroxyl groups is 1. The molecule has 0 aliphatic carbocycles. The Bertz CT molecular complexity index is 468. The van der Waals surface area contributed by atoms with Crippen LogP contribution in [0.5, 0.6) is 0 Å². The van der Waals surface area contributed by atoms with Crippen molar-refractivity contribution in [2.45, 2.75) is 37.6 Å². The van der Waals surface area contributed by atoms with Gasteiger partial charge >= 0.3 is 5.97 Å². The van der Waals surface area contributed by atoms with E-state index in [0.717, 1.165) is 18.4 Å². The number of carbonyl (C=O) groups is 2. The first-order chi connectivity index (χ1) is 10.1. The molecule has 0 saturated carbocycles. The van der Waals surface area contributed by atoms with Crippen molar-refractivity contribution < 1.29 is 19.8 Å². The van der Waals surface area contributed by atoms with Crippen molar-refractivity contribution in [3.63, 3.8) is 0 Å². The summed E-state index contributed by atoms with van der Waals surface area (Å²) in [5, 5.41) is 21.1. The molecule has 1 aromatic carbocycles. The minimum Gasteiger partial charge on any atom is -0.481 e. The maximum atomic E-state index is 12.0. The molecule has 0 aromatic heterocycles. The van der Waals surface area contributed by atoms with Gasteiger partial charge in [0.05, 0.1) is 6.61 Å². The summed E-state index contributed by atoms with van der Waals surface area (Å²) in [7, 11) is 0. The molecule has 0 bridgehead atoms. The Balaban J connectivity index is 2.43. The van der Waals surface area contributed by atoms with Crippen LogP contribution in [0.4, 0.5) is 0 Å². The van der Waals surface area contributed by atoms with Gasteiger partial charge in [-0.05, 0) is 36.1 Å². The lowest BCUT2D eigenvalue weighted by molar-refractivity contribution is -0.137. The van der Waals surface area contributed by atoms with Gasteiger partial charge in [0, 0.05) is 23.9 Å². The number of alkyl halides is 1. The highest BCUT2D eigenvalue weighted by Gasteiger charge is 2.08. The topological polar surface area (TPSA) is 86.6 Å². The van der Waals surface area contributed by atoms with Gasteiger partial charge in [0.15, 0.2) is 0 Å². The van der Waals surface area contributed by atoms with Gasteiger partial charge in [0.25, 0.3) is 5.91 Å². The summed E-state index contributed by atoms with van der Waals surface area (Å²) in [6, 6.07) is 5.30. The first kappa shape index (κ1) is 17.7. The van der Waals surface area contributed by atoms with Gasteiger partial charge in [-0.3, -0.25) is 9.59 Å². The minimum atomic E-state index is -0.790. The number of hydrogen-bond donors (Lipinski definition) is 3. The molecule has 0 atom stereocenters. The van der Waals surface area contributed by atoms with Crippen LogP contribution in [-0.2, 0) is 16.7 Å². The van der Waals surface area contributed by atoms with Gasteiger partial charge < -0.3 is 15.5 Å². The predicted octanol–water partition coefficient (Wildman–Crippen LogP) is 2.45. The van der Waals surface area contributed by atoms with Gasteiger partial charge in [-0.15, -0.1) is 0 Å². The molecule has 0 radical (unpaired) electrons. The number of halogens is 1. The number of carboxylic acid groups (broad SMARTS) is 1. The number of nitrogens with one attached hydrogen (secondary N) is 1. The Kier molecular flexibility index (Phi) is 8.00. The van der Waals surface area contributed by atoms with Crippen LogP contribution in [0.1, 0.15) is 47.2 Å². The lowest BCUT2D eigenvalue weighted by Crippen LogP contribution is -2.24. The molecule has 0 fully saturated rings. The molecule has 0 spiro atoms. The molecule has 5 nitrogen and oxygen atoms in total. The number of carboxylic acids is 1. The maximum absolute atomic E-state index is 12.0. The summed E-state index contributed by atoms with van der Waals surface area (Å²) < 4.78 is 0. The third-order valence-electron chi connectivity index (χ3n) is 3.00. The summed E-state index contributed by atoms with van der Waals surface area (Å²) in [6.07, 6.45) is 2.32. The molecular formula is C15H20BrNO4. The van der Waals surface area contributed by atoms with E-state index in [9.17, 15) is 14.7 Å². The Morgan fingerprint density at radius 2 is 1.81 bits per heavy atom. The zero-order valence-corrected chi connectivity index (χ0v) is 13.4. The molecular weight excluding hydrogens is 338 g/mol. The van der Waals surface area contributed by atoms with E-state index in [-0.39, 0.29) is 18.9 Å². The standard InChI is InChI=1S/C15H20BrNO4/c16-9-11-6-12(10-18)8-13(7-11)15(21)17-5-3-1-2-4-14(19)20/h6-8,18H,1-5,9-10H2,(H,17,21)(H,19,20). The predicted molar refractivity (Wildman–Crippen MR) is 83.4 cm³/mol. The third kappa shape index (κ3) is 6.73. The summed E-state index contributed by atoms with van der Waals surface area (Å²) in [4.78, 5) is 22.4. The van der Waals surface area contributed by atoms with Gasteiger partial charge in [0.1, 0.15) is 0 Å². The van der Waals surface area contributed by atoms with Crippen LogP contribution in [0.15, 0.2) is 18.2 Å². The van der Waals surface area contributed by atoms with E-state index >= 15 is 0 Å². The molecule has 1 amide bonds. The van der Waals surface area contributed by atoms with E-state index in [4.69, 9.17) is 5.11 Å². The maximum Gasteiger partial charge on any atom is 0.303 e. The fourth-order valence-electron chi connectivity index (χ4n) is 1.94. The Hall–Kier alpha value is -1.40. The van der Waals surface area contributed by atoms with Crippen LogP contribution < -0.4 is 5.32 Å². The molecule has 6 heteroatoms. The highest BCUT2D eigenvalue weighted by molar-refractivity contribution is 9.08. The lowest BCUT2D eigenvalue weighted by Gasteiger charge is -2.08. The molecule has 0 aliphatic heterocycles. The number of hydrogen-bond acceptors (Lipinski definition) is 3. The Labute approximate surface area is 132 Å². The molecule has 0 aliphatic rings.